The normalized spacial score (nSPS) is 12.7. The molecule has 0 aliphatic rings. The van der Waals surface area contributed by atoms with Gasteiger partial charge in [-0.2, -0.15) is 20.5 Å². The highest BCUT2D eigenvalue weighted by Gasteiger charge is 2.40. The molecular weight excluding hydrogens is 594 g/mol. The van der Waals surface area contributed by atoms with E-state index in [0.717, 1.165) is 11.3 Å². The molecule has 0 saturated carbocycles. The van der Waals surface area contributed by atoms with Gasteiger partial charge in [-0.1, -0.05) is 6.92 Å². The van der Waals surface area contributed by atoms with Crippen LogP contribution in [0, 0.1) is 0 Å². The Morgan fingerprint density at radius 3 is 2.41 bits per heavy atom. The van der Waals surface area contributed by atoms with Gasteiger partial charge in [0.15, 0.2) is 11.1 Å². The third kappa shape index (κ3) is 17.9. The van der Waals surface area contributed by atoms with E-state index in [9.17, 15) is 35.6 Å². The summed E-state index contributed by atoms with van der Waals surface area (Å²) in [6.07, 6.45) is -2.23. The molecule has 1 aromatic rings. The lowest BCUT2D eigenvalue weighted by Gasteiger charge is -2.12. The van der Waals surface area contributed by atoms with Crippen molar-refractivity contribution in [1.82, 2.24) is 15.6 Å². The molecule has 0 aromatic carbocycles. The molecule has 0 aliphatic heterocycles. The van der Waals surface area contributed by atoms with E-state index in [4.69, 9.17) is 15.9 Å². The lowest BCUT2D eigenvalue weighted by atomic mass is 10.3. The smallest absolute Gasteiger partial charge is 0.328 e. The van der Waals surface area contributed by atoms with E-state index in [1.54, 1.807) is 19.4 Å². The molecule has 1 heterocycles. The van der Waals surface area contributed by atoms with E-state index < -0.39 is 46.8 Å². The van der Waals surface area contributed by atoms with Crippen molar-refractivity contribution < 1.29 is 45.8 Å². The number of carboxylic acid groups (broad SMARTS) is 2. The molecule has 0 unspecified atom stereocenters. The maximum atomic E-state index is 12.8. The zero-order valence-corrected chi connectivity index (χ0v) is 23.2. The summed E-state index contributed by atoms with van der Waals surface area (Å²) in [5.74, 6) is -5.90. The summed E-state index contributed by atoms with van der Waals surface area (Å²) in [5, 5.41) is 25.7. The van der Waals surface area contributed by atoms with Crippen LogP contribution in [0.1, 0.15) is 19.0 Å². The van der Waals surface area contributed by atoms with Crippen molar-refractivity contribution in [2.45, 2.75) is 31.4 Å². The van der Waals surface area contributed by atoms with Crippen LogP contribution in [0.25, 0.3) is 0 Å². The van der Waals surface area contributed by atoms with Gasteiger partial charge in [-0.15, -0.1) is 15.7 Å². The molecule has 0 radical (unpaired) electrons. The molecule has 0 aliphatic carbocycles. The SMILES string of the molecule is CCCS(=O)(=O)N=C(NC)NCCSCc1csc(NC(N)=NCC(F)(F)C(F)F)n1.O=C(O)C=CC(=O)O. The number of halogens is 4. The maximum Gasteiger partial charge on any atom is 0.328 e. The number of sulfonamides is 1. The molecular formula is C19H29F4N7O6S3. The number of aromatic nitrogens is 1. The Bertz CT molecular complexity index is 1100. The summed E-state index contributed by atoms with van der Waals surface area (Å²) in [6.45, 7) is 0.782. The summed E-state index contributed by atoms with van der Waals surface area (Å²) in [4.78, 5) is 26.5. The first-order chi connectivity index (χ1) is 18.1. The van der Waals surface area contributed by atoms with E-state index in [1.165, 1.54) is 11.8 Å². The number of hydrogen-bond acceptors (Lipinski definition) is 8. The van der Waals surface area contributed by atoms with Crippen LogP contribution in [0.5, 0.6) is 0 Å². The zero-order valence-electron chi connectivity index (χ0n) is 20.7. The number of nitrogens with zero attached hydrogens (tertiary/aromatic N) is 3. The third-order valence-corrected chi connectivity index (χ3v) is 6.84. The average Bonchev–Trinajstić information content (AvgIpc) is 3.27. The van der Waals surface area contributed by atoms with Crippen LogP contribution in [-0.4, -0.2) is 91.5 Å². The molecule has 7 N–H and O–H groups in total. The van der Waals surface area contributed by atoms with Crippen molar-refractivity contribution in [3.05, 3.63) is 23.2 Å². The van der Waals surface area contributed by atoms with Crippen LogP contribution in [0.3, 0.4) is 0 Å². The molecule has 0 fully saturated rings. The number of alkyl halides is 4. The van der Waals surface area contributed by atoms with E-state index in [2.05, 4.69) is 30.3 Å². The Morgan fingerprint density at radius 1 is 1.28 bits per heavy atom. The molecule has 0 saturated heterocycles. The third-order valence-electron chi connectivity index (χ3n) is 3.65. The highest BCUT2D eigenvalue weighted by atomic mass is 32.2. The van der Waals surface area contributed by atoms with Crippen molar-refractivity contribution in [3.63, 3.8) is 0 Å². The largest absolute Gasteiger partial charge is 0.478 e. The number of anilines is 1. The minimum absolute atomic E-state index is 0.0291. The molecule has 0 bridgehead atoms. The van der Waals surface area contributed by atoms with Crippen LogP contribution in [0.2, 0.25) is 0 Å². The van der Waals surface area contributed by atoms with Gasteiger partial charge in [-0.05, 0) is 6.42 Å². The summed E-state index contributed by atoms with van der Waals surface area (Å²) in [7, 11) is -1.95. The number of aliphatic imine (C=N–C) groups is 1. The number of nitrogens with two attached hydrogens (primary N) is 1. The molecule has 0 spiro atoms. The Balaban J connectivity index is 0.00000156. The highest BCUT2D eigenvalue weighted by molar-refractivity contribution is 7.98. The summed E-state index contributed by atoms with van der Waals surface area (Å²) in [6, 6.07) is 0. The van der Waals surface area contributed by atoms with Crippen LogP contribution >= 0.6 is 23.1 Å². The van der Waals surface area contributed by atoms with Crippen LogP contribution < -0.4 is 21.7 Å². The fraction of sp³-hybridized carbons (Fsp3) is 0.526. The molecule has 1 rings (SSSR count). The minimum atomic E-state index is -4.25. The van der Waals surface area contributed by atoms with Crippen molar-refractivity contribution in [2.75, 3.05) is 37.0 Å². The number of carboxylic acids is 2. The van der Waals surface area contributed by atoms with Crippen molar-refractivity contribution in [2.24, 2.45) is 15.1 Å². The van der Waals surface area contributed by atoms with E-state index >= 15 is 0 Å². The molecule has 1 aromatic heterocycles. The van der Waals surface area contributed by atoms with Crippen LogP contribution in [0.15, 0.2) is 26.9 Å². The van der Waals surface area contributed by atoms with Gasteiger partial charge < -0.3 is 31.9 Å². The second-order valence-electron chi connectivity index (χ2n) is 7.00. The number of nitrogens with one attached hydrogen (secondary N) is 3. The van der Waals surface area contributed by atoms with Gasteiger partial charge in [0.05, 0.1) is 11.4 Å². The zero-order chi connectivity index (χ0) is 30.1. The predicted octanol–water partition coefficient (Wildman–Crippen LogP) is 1.62. The number of rotatable bonds is 14. The first-order valence-electron chi connectivity index (χ1n) is 10.7. The lowest BCUT2D eigenvalue weighted by Crippen LogP contribution is -2.37. The maximum absolute atomic E-state index is 12.8. The first kappa shape index (κ1) is 35.9. The van der Waals surface area contributed by atoms with Gasteiger partial charge in [-0.25, -0.2) is 36.8 Å². The lowest BCUT2D eigenvalue weighted by molar-refractivity contribution is -0.134. The number of carbonyl (C=O) groups is 2. The predicted molar refractivity (Wildman–Crippen MR) is 142 cm³/mol. The molecule has 20 heteroatoms. The Morgan fingerprint density at radius 2 is 1.90 bits per heavy atom. The monoisotopic (exact) mass is 623 g/mol. The Kier molecular flexibility index (Phi) is 16.7. The number of guanidine groups is 2. The quantitative estimate of drug-likeness (QED) is 0.0574. The van der Waals surface area contributed by atoms with Crippen LogP contribution in [-0.2, 0) is 25.4 Å². The van der Waals surface area contributed by atoms with Gasteiger partial charge in [0.25, 0.3) is 10.0 Å². The molecule has 13 nitrogen and oxygen atoms in total. The fourth-order valence-corrected chi connectivity index (χ4v) is 4.62. The second-order valence-corrected chi connectivity index (χ2v) is 10.7. The minimum Gasteiger partial charge on any atom is -0.478 e. The molecule has 0 amide bonds. The van der Waals surface area contributed by atoms with Gasteiger partial charge in [0.1, 0.15) is 6.54 Å². The van der Waals surface area contributed by atoms with E-state index in [-0.39, 0.29) is 11.7 Å². The fourth-order valence-electron chi connectivity index (χ4n) is 2.01. The summed E-state index contributed by atoms with van der Waals surface area (Å²) < 4.78 is 76.9. The highest BCUT2D eigenvalue weighted by Crippen LogP contribution is 2.23. The van der Waals surface area contributed by atoms with Gasteiger partial charge in [0.2, 0.25) is 5.96 Å². The molecule has 222 valence electrons. The summed E-state index contributed by atoms with van der Waals surface area (Å²) >= 11 is 2.67. The number of hydrogen-bond donors (Lipinski definition) is 6. The second kappa shape index (κ2) is 18.2. The van der Waals surface area contributed by atoms with E-state index in [1.807, 2.05) is 0 Å². The van der Waals surface area contributed by atoms with Gasteiger partial charge in [-0.3, -0.25) is 0 Å². The average molecular weight is 624 g/mol. The van der Waals surface area contributed by atoms with Crippen LogP contribution in [0.4, 0.5) is 22.7 Å². The van der Waals surface area contributed by atoms with Gasteiger partial charge in [0, 0.05) is 42.6 Å². The number of thiazole rings is 1. The number of thioether (sulfide) groups is 1. The van der Waals surface area contributed by atoms with E-state index in [0.29, 0.717) is 47.4 Å². The first-order valence-corrected chi connectivity index (χ1v) is 14.4. The van der Waals surface area contributed by atoms with Crippen molar-refractivity contribution in [1.29, 1.82) is 0 Å². The Labute approximate surface area is 230 Å². The molecule has 39 heavy (non-hydrogen) atoms. The standard InChI is InChI=1S/C15H25F4N7O2S3.C4H4O4/c1-3-6-31(27,28)26-13(21-2)22-4-5-29-7-10-8-30-14(24-10)25-12(20)23-9-15(18,19)11(16)17;5-3(6)1-2-4(7)8/h8,11H,3-7,9H2,1-2H3,(H2,21,22,26)(H3,20,23,24,25);1-2H,(H,5,6)(H,7,8). The van der Waals surface area contributed by atoms with Crippen molar-refractivity contribution >= 4 is 62.1 Å². The van der Waals surface area contributed by atoms with Gasteiger partial charge >= 0.3 is 24.3 Å². The molecule has 0 atom stereocenters. The Hall–Kier alpha value is -3.13. The summed E-state index contributed by atoms with van der Waals surface area (Å²) in [5.41, 5.74) is 6.11. The van der Waals surface area contributed by atoms with Crippen molar-refractivity contribution in [3.8, 4) is 0 Å². The number of aliphatic carboxylic acids is 2. The topological polar surface area (TPSA) is 208 Å².